The maximum absolute atomic E-state index is 12.6. The van der Waals surface area contributed by atoms with Crippen molar-refractivity contribution in [3.63, 3.8) is 0 Å². The van der Waals surface area contributed by atoms with E-state index in [1.807, 2.05) is 6.92 Å². The van der Waals surface area contributed by atoms with Crippen LogP contribution >= 0.6 is 0 Å². The van der Waals surface area contributed by atoms with E-state index < -0.39 is 17.8 Å². The molecule has 3 aromatic carbocycles. The average Bonchev–Trinajstić information content (AvgIpc) is 2.91. The van der Waals surface area contributed by atoms with Gasteiger partial charge < -0.3 is 24.3 Å². The largest absolute Gasteiger partial charge is 0.497 e. The Kier molecular flexibility index (Phi) is 9.60. The van der Waals surface area contributed by atoms with Gasteiger partial charge in [0, 0.05) is 5.69 Å². The lowest BCUT2D eigenvalue weighted by molar-refractivity contribution is -0.136. The lowest BCUT2D eigenvalue weighted by atomic mass is 10.2. The highest BCUT2D eigenvalue weighted by atomic mass is 16.6. The summed E-state index contributed by atoms with van der Waals surface area (Å²) in [5, 5.41) is 6.27. The molecule has 3 rings (SSSR count). The molecule has 10 nitrogen and oxygen atoms in total. The standard InChI is InChI=1S/C27H27N3O7/c1-4-35-22-11-7-19(8-12-22)27(33)37-23-15-6-18(16-24(23)36-5-2)17-28-30-26(32)25(31)29-20-9-13-21(34-3)14-10-20/h6-17H,4-5H2,1-3H3,(H,29,31)(H,30,32)/b28-17-. The second-order valence-corrected chi connectivity index (χ2v) is 7.37. The fourth-order valence-corrected chi connectivity index (χ4v) is 3.05. The molecule has 0 aliphatic heterocycles. The molecule has 0 aromatic heterocycles. The molecule has 0 aliphatic carbocycles. The SMILES string of the molecule is CCOc1ccc(C(=O)Oc2ccc(/C=N\NC(=O)C(=O)Nc3ccc(OC)cc3)cc2OCC)cc1. The van der Waals surface area contributed by atoms with E-state index >= 15 is 0 Å². The van der Waals surface area contributed by atoms with E-state index in [1.165, 1.54) is 13.3 Å². The average molecular weight is 506 g/mol. The van der Waals surface area contributed by atoms with Crippen LogP contribution in [-0.2, 0) is 9.59 Å². The van der Waals surface area contributed by atoms with Gasteiger partial charge in [-0.05, 0) is 86.1 Å². The molecule has 0 unspecified atom stereocenters. The molecular formula is C27H27N3O7. The maximum Gasteiger partial charge on any atom is 0.343 e. The second-order valence-electron chi connectivity index (χ2n) is 7.37. The van der Waals surface area contributed by atoms with E-state index in [9.17, 15) is 14.4 Å². The van der Waals surface area contributed by atoms with Gasteiger partial charge in [-0.1, -0.05) is 0 Å². The third-order valence-corrected chi connectivity index (χ3v) is 4.81. The van der Waals surface area contributed by atoms with Crippen LogP contribution in [0.25, 0.3) is 0 Å². The van der Waals surface area contributed by atoms with Crippen LogP contribution in [0, 0.1) is 0 Å². The first-order valence-electron chi connectivity index (χ1n) is 11.4. The Labute approximate surface area is 214 Å². The number of rotatable bonds is 10. The number of carbonyl (C=O) groups excluding carboxylic acids is 3. The molecule has 0 fully saturated rings. The molecule has 0 heterocycles. The zero-order valence-corrected chi connectivity index (χ0v) is 20.6. The van der Waals surface area contributed by atoms with Crippen LogP contribution in [0.15, 0.2) is 71.8 Å². The summed E-state index contributed by atoms with van der Waals surface area (Å²) in [7, 11) is 1.53. The minimum atomic E-state index is -0.946. The Bertz CT molecular complexity index is 1260. The van der Waals surface area contributed by atoms with E-state index in [0.29, 0.717) is 47.3 Å². The minimum absolute atomic E-state index is 0.223. The number of methoxy groups -OCH3 is 1. The molecule has 0 spiro atoms. The molecule has 0 bridgehead atoms. The van der Waals surface area contributed by atoms with E-state index in [1.54, 1.807) is 73.7 Å². The molecule has 0 saturated heterocycles. The normalized spacial score (nSPS) is 10.5. The Morgan fingerprint density at radius 2 is 1.49 bits per heavy atom. The number of anilines is 1. The number of hydrogen-bond acceptors (Lipinski definition) is 8. The fourth-order valence-electron chi connectivity index (χ4n) is 3.05. The van der Waals surface area contributed by atoms with Crippen LogP contribution in [0.4, 0.5) is 5.69 Å². The van der Waals surface area contributed by atoms with Gasteiger partial charge in [-0.3, -0.25) is 9.59 Å². The van der Waals surface area contributed by atoms with Gasteiger partial charge in [-0.2, -0.15) is 5.10 Å². The predicted molar refractivity (Wildman–Crippen MR) is 138 cm³/mol. The van der Waals surface area contributed by atoms with Gasteiger partial charge in [-0.25, -0.2) is 10.2 Å². The van der Waals surface area contributed by atoms with Crippen molar-refractivity contribution in [1.82, 2.24) is 5.43 Å². The molecule has 0 radical (unpaired) electrons. The quantitative estimate of drug-likeness (QED) is 0.141. The number of hydrogen-bond donors (Lipinski definition) is 2. The molecule has 2 N–H and O–H groups in total. The number of benzene rings is 3. The Morgan fingerprint density at radius 3 is 2.14 bits per heavy atom. The predicted octanol–water partition coefficient (Wildman–Crippen LogP) is 3.80. The highest BCUT2D eigenvalue weighted by Gasteiger charge is 2.15. The van der Waals surface area contributed by atoms with Crippen molar-refractivity contribution < 1.29 is 33.3 Å². The highest BCUT2D eigenvalue weighted by Crippen LogP contribution is 2.29. The zero-order chi connectivity index (χ0) is 26.6. The number of nitrogens with one attached hydrogen (secondary N) is 2. The summed E-state index contributed by atoms with van der Waals surface area (Å²) in [4.78, 5) is 36.7. The van der Waals surface area contributed by atoms with Gasteiger partial charge >= 0.3 is 17.8 Å². The number of hydrazone groups is 1. The summed E-state index contributed by atoms with van der Waals surface area (Å²) >= 11 is 0. The Morgan fingerprint density at radius 1 is 0.811 bits per heavy atom. The fraction of sp³-hybridized carbons (Fsp3) is 0.185. The second kappa shape index (κ2) is 13.3. The molecular weight excluding hydrogens is 478 g/mol. The molecule has 0 saturated carbocycles. The third kappa shape index (κ3) is 7.82. The van der Waals surface area contributed by atoms with E-state index in [4.69, 9.17) is 18.9 Å². The Hall–Kier alpha value is -4.86. The summed E-state index contributed by atoms with van der Waals surface area (Å²) in [6, 6.07) is 17.9. The van der Waals surface area contributed by atoms with Gasteiger partial charge in [0.25, 0.3) is 0 Å². The summed E-state index contributed by atoms with van der Waals surface area (Å²) < 4.78 is 21.5. The minimum Gasteiger partial charge on any atom is -0.497 e. The van der Waals surface area contributed by atoms with Crippen LogP contribution in [-0.4, -0.2) is 44.3 Å². The first-order valence-corrected chi connectivity index (χ1v) is 11.4. The van der Waals surface area contributed by atoms with Crippen molar-refractivity contribution in [2.45, 2.75) is 13.8 Å². The van der Waals surface area contributed by atoms with Gasteiger partial charge in [0.15, 0.2) is 11.5 Å². The van der Waals surface area contributed by atoms with Crippen LogP contribution in [0.1, 0.15) is 29.8 Å². The van der Waals surface area contributed by atoms with Crippen molar-refractivity contribution in [2.24, 2.45) is 5.10 Å². The first-order chi connectivity index (χ1) is 17.9. The van der Waals surface area contributed by atoms with Gasteiger partial charge in [0.05, 0.1) is 32.1 Å². The molecule has 2 amide bonds. The van der Waals surface area contributed by atoms with Crippen molar-refractivity contribution in [2.75, 3.05) is 25.6 Å². The molecule has 10 heteroatoms. The number of esters is 1. The number of amides is 2. The number of carbonyl (C=O) groups is 3. The molecule has 0 aliphatic rings. The number of ether oxygens (including phenoxy) is 4. The lowest BCUT2D eigenvalue weighted by Gasteiger charge is -2.11. The van der Waals surface area contributed by atoms with Crippen molar-refractivity contribution in [3.8, 4) is 23.0 Å². The highest BCUT2D eigenvalue weighted by molar-refractivity contribution is 6.39. The molecule has 3 aromatic rings. The van der Waals surface area contributed by atoms with Crippen LogP contribution < -0.4 is 29.7 Å². The van der Waals surface area contributed by atoms with Gasteiger partial charge in [0.2, 0.25) is 0 Å². The summed E-state index contributed by atoms with van der Waals surface area (Å²) in [6.07, 6.45) is 1.33. The summed E-state index contributed by atoms with van der Waals surface area (Å²) in [5.74, 6) is -0.569. The topological polar surface area (TPSA) is 125 Å². The van der Waals surface area contributed by atoms with Crippen molar-refractivity contribution in [3.05, 3.63) is 77.9 Å². The van der Waals surface area contributed by atoms with Crippen LogP contribution in [0.5, 0.6) is 23.0 Å². The first kappa shape index (κ1) is 26.7. The summed E-state index contributed by atoms with van der Waals surface area (Å²) in [5.41, 5.74) is 3.49. The lowest BCUT2D eigenvalue weighted by Crippen LogP contribution is -2.32. The number of nitrogens with zero attached hydrogens (tertiary/aromatic N) is 1. The third-order valence-electron chi connectivity index (χ3n) is 4.81. The Balaban J connectivity index is 1.60. The smallest absolute Gasteiger partial charge is 0.343 e. The van der Waals surface area contributed by atoms with Crippen LogP contribution in [0.3, 0.4) is 0 Å². The van der Waals surface area contributed by atoms with Gasteiger partial charge in [0.1, 0.15) is 11.5 Å². The van der Waals surface area contributed by atoms with Gasteiger partial charge in [-0.15, -0.1) is 0 Å². The summed E-state index contributed by atoms with van der Waals surface area (Å²) in [6.45, 7) is 4.52. The van der Waals surface area contributed by atoms with Crippen molar-refractivity contribution >= 4 is 29.7 Å². The molecule has 192 valence electrons. The van der Waals surface area contributed by atoms with Crippen molar-refractivity contribution in [1.29, 1.82) is 0 Å². The van der Waals surface area contributed by atoms with Crippen LogP contribution in [0.2, 0.25) is 0 Å². The zero-order valence-electron chi connectivity index (χ0n) is 20.6. The van der Waals surface area contributed by atoms with E-state index in [0.717, 1.165) is 0 Å². The maximum atomic E-state index is 12.6. The monoisotopic (exact) mass is 505 g/mol. The van der Waals surface area contributed by atoms with E-state index in [2.05, 4.69) is 15.8 Å². The molecule has 0 atom stereocenters. The molecule has 37 heavy (non-hydrogen) atoms. The van der Waals surface area contributed by atoms with E-state index in [-0.39, 0.29) is 5.75 Å².